The topological polar surface area (TPSA) is 99.9 Å². The van der Waals surface area contributed by atoms with Crippen LogP contribution in [0, 0.1) is 0 Å². The van der Waals surface area contributed by atoms with Gasteiger partial charge in [0.1, 0.15) is 4.75 Å². The maximum atomic E-state index is 13.1. The molecule has 32 heavy (non-hydrogen) atoms. The van der Waals surface area contributed by atoms with E-state index in [4.69, 9.17) is 18.7 Å². The van der Waals surface area contributed by atoms with Gasteiger partial charge in [-0.05, 0) is 58.8 Å². The van der Waals surface area contributed by atoms with Gasteiger partial charge in [0.15, 0.2) is 6.29 Å². The minimum atomic E-state index is -1.32. The molecule has 1 saturated carbocycles. The summed E-state index contributed by atoms with van der Waals surface area (Å²) in [5.74, 6) is -0.0282. The molecule has 1 amide bonds. The Hall–Kier alpha value is -1.29. The van der Waals surface area contributed by atoms with Crippen molar-refractivity contribution < 1.29 is 27.7 Å². The van der Waals surface area contributed by atoms with Crippen molar-refractivity contribution in [2.45, 2.75) is 93.3 Å². The molecule has 9 heteroatoms. The second-order valence-corrected chi connectivity index (χ2v) is 12.0. The molecule has 2 atom stereocenters. The monoisotopic (exact) mass is 468 g/mol. The van der Waals surface area contributed by atoms with E-state index in [1.165, 1.54) is 0 Å². The van der Waals surface area contributed by atoms with Gasteiger partial charge in [0.2, 0.25) is 11.8 Å². The molecule has 0 spiro atoms. The Balaban J connectivity index is 1.40. The number of hydrogen-bond acceptors (Lipinski definition) is 7. The lowest BCUT2D eigenvalue weighted by molar-refractivity contribution is -0.172. The molecular weight excluding hydrogens is 432 g/mol. The Morgan fingerprint density at radius 1 is 1.19 bits per heavy atom. The van der Waals surface area contributed by atoms with Crippen molar-refractivity contribution in [1.82, 2.24) is 5.16 Å². The molecule has 0 bridgehead atoms. The van der Waals surface area contributed by atoms with Crippen LogP contribution in [-0.2, 0) is 35.2 Å². The van der Waals surface area contributed by atoms with Crippen molar-refractivity contribution in [3.05, 3.63) is 11.8 Å². The fourth-order valence-corrected chi connectivity index (χ4v) is 6.55. The van der Waals surface area contributed by atoms with Crippen LogP contribution in [0.15, 0.2) is 10.6 Å². The molecule has 3 heterocycles. The van der Waals surface area contributed by atoms with Gasteiger partial charge in [0, 0.05) is 47.4 Å². The Bertz CT molecular complexity index is 792. The van der Waals surface area contributed by atoms with E-state index < -0.39 is 15.5 Å². The minimum Gasteiger partial charge on any atom is -0.381 e. The molecule has 2 unspecified atom stereocenters. The van der Waals surface area contributed by atoms with Crippen molar-refractivity contribution in [2.75, 3.05) is 31.7 Å². The molecule has 0 aromatic carbocycles. The van der Waals surface area contributed by atoms with Gasteiger partial charge in [0.05, 0.1) is 12.3 Å². The Morgan fingerprint density at radius 3 is 2.62 bits per heavy atom. The second-order valence-electron chi connectivity index (χ2n) is 9.74. The molecule has 2 saturated heterocycles. The van der Waals surface area contributed by atoms with Crippen LogP contribution in [0.3, 0.4) is 0 Å². The summed E-state index contributed by atoms with van der Waals surface area (Å²) >= 11 is 0. The molecule has 0 radical (unpaired) electrons. The minimum absolute atomic E-state index is 0.0318. The highest BCUT2D eigenvalue weighted by molar-refractivity contribution is 7.87. The highest BCUT2D eigenvalue weighted by Gasteiger charge is 2.42. The summed E-state index contributed by atoms with van der Waals surface area (Å²) in [4.78, 5) is 13.0. The van der Waals surface area contributed by atoms with E-state index in [2.05, 4.69) is 10.5 Å². The van der Waals surface area contributed by atoms with Crippen LogP contribution in [0.5, 0.6) is 0 Å². The van der Waals surface area contributed by atoms with Gasteiger partial charge in [-0.1, -0.05) is 18.0 Å². The van der Waals surface area contributed by atoms with Crippen LogP contribution in [0.1, 0.15) is 77.3 Å². The average Bonchev–Trinajstić information content (AvgIpc) is 3.49. The summed E-state index contributed by atoms with van der Waals surface area (Å²) in [7, 11) is -1.32. The number of carbonyl (C=O) groups is 1. The second kappa shape index (κ2) is 10.3. The number of amides is 1. The summed E-state index contributed by atoms with van der Waals surface area (Å²) in [6.45, 7) is 5.92. The molecule has 1 aromatic heterocycles. The van der Waals surface area contributed by atoms with Gasteiger partial charge in [0.25, 0.3) is 0 Å². The molecule has 3 fully saturated rings. The van der Waals surface area contributed by atoms with Crippen LogP contribution in [0.4, 0.5) is 5.88 Å². The number of aromatic nitrogens is 1. The molecular formula is C23H36N2O6S. The van der Waals surface area contributed by atoms with E-state index in [1.54, 1.807) is 13.8 Å². The number of nitrogens with one attached hydrogen (secondary N) is 1. The van der Waals surface area contributed by atoms with Gasteiger partial charge in [-0.15, -0.1) is 0 Å². The summed E-state index contributed by atoms with van der Waals surface area (Å²) in [5, 5.41) is 7.08. The first kappa shape index (κ1) is 23.9. The van der Waals surface area contributed by atoms with Gasteiger partial charge >= 0.3 is 0 Å². The van der Waals surface area contributed by atoms with Crippen molar-refractivity contribution in [2.24, 2.45) is 0 Å². The molecule has 8 nitrogen and oxygen atoms in total. The number of hydrogen-bond donors (Lipinski definition) is 1. The van der Waals surface area contributed by atoms with Crippen molar-refractivity contribution in [1.29, 1.82) is 0 Å². The van der Waals surface area contributed by atoms with Gasteiger partial charge < -0.3 is 18.7 Å². The van der Waals surface area contributed by atoms with E-state index >= 15 is 0 Å². The zero-order valence-corrected chi connectivity index (χ0v) is 20.0. The fourth-order valence-electron chi connectivity index (χ4n) is 4.87. The number of nitrogens with zero attached hydrogens (tertiary/aromatic N) is 1. The fraction of sp³-hybridized carbons (Fsp3) is 0.826. The summed E-state index contributed by atoms with van der Waals surface area (Å²) in [6.07, 6.45) is 8.59. The molecule has 3 aliphatic rings. The van der Waals surface area contributed by atoms with E-state index in [9.17, 15) is 9.00 Å². The third-order valence-corrected chi connectivity index (χ3v) is 9.32. The van der Waals surface area contributed by atoms with Gasteiger partial charge in [-0.3, -0.25) is 14.3 Å². The molecule has 1 aromatic rings. The van der Waals surface area contributed by atoms with E-state index in [1.807, 2.05) is 6.07 Å². The van der Waals surface area contributed by atoms with Crippen molar-refractivity contribution in [3.63, 3.8) is 0 Å². The summed E-state index contributed by atoms with van der Waals surface area (Å²) in [5.41, 5.74) is 0.595. The Kier molecular flexibility index (Phi) is 7.69. The first-order chi connectivity index (χ1) is 15.4. The maximum Gasteiger partial charge on any atom is 0.245 e. The highest BCUT2D eigenvalue weighted by Crippen LogP contribution is 2.42. The van der Waals surface area contributed by atoms with E-state index in [-0.39, 0.29) is 22.9 Å². The average molecular weight is 469 g/mol. The molecule has 180 valence electrons. The summed E-state index contributed by atoms with van der Waals surface area (Å²) in [6, 6.07) is 1.81. The standard InChI is InChI=1S/C23H36N2O6S/c1-22(2,32(27)17-8-13-28-14-9-17)21(26)24-19-15-18(25-31-19)23(10-4-5-11-23)16-30-20-7-3-6-12-29-20/h15,17,20H,3-14,16H2,1-2H3,(H,24,26). The normalized spacial score (nSPS) is 25.5. The molecule has 1 aliphatic carbocycles. The number of ether oxygens (including phenoxy) is 3. The van der Waals surface area contributed by atoms with Gasteiger partial charge in [-0.25, -0.2) is 0 Å². The lowest BCUT2D eigenvalue weighted by Gasteiger charge is -2.30. The Labute approximate surface area is 192 Å². The molecule has 4 rings (SSSR count). The quantitative estimate of drug-likeness (QED) is 0.621. The maximum absolute atomic E-state index is 13.1. The lowest BCUT2D eigenvalue weighted by atomic mass is 9.83. The van der Waals surface area contributed by atoms with E-state index in [0.29, 0.717) is 38.5 Å². The predicted molar refractivity (Wildman–Crippen MR) is 121 cm³/mol. The van der Waals surface area contributed by atoms with E-state index in [0.717, 1.165) is 57.2 Å². The zero-order valence-electron chi connectivity index (χ0n) is 19.2. The zero-order chi connectivity index (χ0) is 22.6. The molecule has 1 N–H and O–H groups in total. The third kappa shape index (κ3) is 5.26. The van der Waals surface area contributed by atoms with Gasteiger partial charge in [-0.2, -0.15) is 0 Å². The van der Waals surface area contributed by atoms with Crippen LogP contribution >= 0.6 is 0 Å². The Morgan fingerprint density at radius 2 is 1.94 bits per heavy atom. The predicted octanol–water partition coefficient (Wildman–Crippen LogP) is 3.67. The third-order valence-electron chi connectivity index (χ3n) is 7.06. The van der Waals surface area contributed by atoms with Crippen molar-refractivity contribution in [3.8, 4) is 0 Å². The summed E-state index contributed by atoms with van der Waals surface area (Å²) < 4.78 is 34.7. The smallest absolute Gasteiger partial charge is 0.245 e. The number of anilines is 1. The lowest BCUT2D eigenvalue weighted by Crippen LogP contribution is -2.46. The first-order valence-corrected chi connectivity index (χ1v) is 13.1. The number of carbonyl (C=O) groups excluding carboxylic acids is 1. The number of rotatable bonds is 8. The van der Waals surface area contributed by atoms with Crippen LogP contribution < -0.4 is 5.32 Å². The van der Waals surface area contributed by atoms with Crippen LogP contribution in [-0.4, -0.2) is 58.0 Å². The largest absolute Gasteiger partial charge is 0.381 e. The SMILES string of the molecule is CC(C)(C(=O)Nc1cc(C2(COC3CCCCO3)CCCC2)no1)S(=O)C1CCOCC1. The van der Waals surface area contributed by atoms with Crippen LogP contribution in [0.2, 0.25) is 0 Å². The van der Waals surface area contributed by atoms with Crippen molar-refractivity contribution >= 4 is 22.6 Å². The molecule has 2 aliphatic heterocycles. The van der Waals surface area contributed by atoms with Crippen LogP contribution in [0.25, 0.3) is 0 Å². The highest BCUT2D eigenvalue weighted by atomic mass is 32.2. The first-order valence-electron chi connectivity index (χ1n) is 11.9.